The van der Waals surface area contributed by atoms with E-state index in [1.165, 1.54) is 0 Å². The molecule has 0 spiro atoms. The van der Waals surface area contributed by atoms with Crippen LogP contribution in [0.5, 0.6) is 11.5 Å². The van der Waals surface area contributed by atoms with Gasteiger partial charge in [0.15, 0.2) is 17.3 Å². The number of fused-ring (bicyclic) bond motifs is 4. The van der Waals surface area contributed by atoms with Gasteiger partial charge in [-0.05, 0) is 23.3 Å². The highest BCUT2D eigenvalue weighted by Crippen LogP contribution is 2.44. The maximum absolute atomic E-state index is 5.42. The molecule has 154 valence electrons. The zero-order valence-corrected chi connectivity index (χ0v) is 17.0. The summed E-state index contributed by atoms with van der Waals surface area (Å²) in [5, 5.41) is 12.0. The van der Waals surface area contributed by atoms with Crippen LogP contribution in [0, 0.1) is 0 Å². The predicted molar refractivity (Wildman–Crippen MR) is 120 cm³/mol. The number of hydrogen-bond acceptors (Lipinski definition) is 9. The van der Waals surface area contributed by atoms with Gasteiger partial charge < -0.3 is 25.4 Å². The Morgan fingerprint density at radius 3 is 2.90 bits per heavy atom. The molecule has 0 saturated carbocycles. The number of benzene rings is 1. The average Bonchev–Trinajstić information content (AvgIpc) is 3.43. The summed E-state index contributed by atoms with van der Waals surface area (Å²) >= 11 is 1.57. The van der Waals surface area contributed by atoms with Crippen molar-refractivity contribution in [2.45, 2.75) is 6.54 Å². The summed E-state index contributed by atoms with van der Waals surface area (Å²) in [5.74, 6) is 2.68. The van der Waals surface area contributed by atoms with Crippen molar-refractivity contribution in [2.24, 2.45) is 0 Å². The van der Waals surface area contributed by atoms with Gasteiger partial charge in [0.1, 0.15) is 6.33 Å². The lowest BCUT2D eigenvalue weighted by Gasteiger charge is -2.21. The lowest BCUT2D eigenvalue weighted by Crippen LogP contribution is -2.03. The minimum Gasteiger partial charge on any atom is -0.672 e. The summed E-state index contributed by atoms with van der Waals surface area (Å²) in [6.45, 7) is 1.59. The molecule has 0 fully saturated rings. The van der Waals surface area contributed by atoms with E-state index >= 15 is 0 Å². The molecule has 4 aromatic rings. The lowest BCUT2D eigenvalue weighted by atomic mass is 10.2. The van der Waals surface area contributed by atoms with E-state index in [4.69, 9.17) is 9.47 Å². The Hall–Kier alpha value is -3.92. The number of anilines is 3. The zero-order valence-electron chi connectivity index (χ0n) is 16.2. The molecular weight excluding hydrogens is 414 g/mol. The fourth-order valence-corrected chi connectivity index (χ4v) is 4.49. The Balaban J connectivity index is 1.17. The van der Waals surface area contributed by atoms with Crippen LogP contribution in [0.2, 0.25) is 0 Å². The van der Waals surface area contributed by atoms with Crippen molar-refractivity contribution >= 4 is 50.1 Å². The second-order valence-corrected chi connectivity index (χ2v) is 7.92. The Kier molecular flexibility index (Phi) is 4.27. The molecule has 0 bridgehead atoms. The first-order valence-electron chi connectivity index (χ1n) is 9.66. The van der Waals surface area contributed by atoms with Crippen LogP contribution in [0.3, 0.4) is 0 Å². The molecule has 0 atom stereocenters. The first kappa shape index (κ1) is 17.9. The maximum atomic E-state index is 5.42. The molecule has 9 nitrogen and oxygen atoms in total. The molecule has 6 rings (SSSR count). The molecule has 0 saturated heterocycles. The van der Waals surface area contributed by atoms with Crippen LogP contribution in [-0.4, -0.2) is 33.3 Å². The van der Waals surface area contributed by atoms with Gasteiger partial charge in [-0.1, -0.05) is 17.1 Å². The molecule has 2 N–H and O–H groups in total. The molecule has 2 aliphatic rings. The van der Waals surface area contributed by atoms with Crippen LogP contribution in [0.4, 0.5) is 22.5 Å². The molecule has 0 unspecified atom stereocenters. The average molecular weight is 430 g/mol. The highest BCUT2D eigenvalue weighted by Gasteiger charge is 2.14. The first-order chi connectivity index (χ1) is 15.3. The molecule has 2 aliphatic heterocycles. The summed E-state index contributed by atoms with van der Waals surface area (Å²) in [6.07, 6.45) is 9.11. The standard InChI is InChI=1S/C21H16N7O2S/c1-2-14-17-18(31-20(14)22-5-1)19(27-10-26-17)28-21-24-8-13(9-25-21)23-7-12-3-4-15-16(6-12)30-11-29-15/h1-4,6,8-10,23H,5,7,11H2,(H,24,25,26,27,28)/q-1. The minimum absolute atomic E-state index is 0.271. The lowest BCUT2D eigenvalue weighted by molar-refractivity contribution is 0.174. The fraction of sp³-hybridized carbons (Fsp3) is 0.143. The maximum Gasteiger partial charge on any atom is 0.231 e. The smallest absolute Gasteiger partial charge is 0.231 e. The highest BCUT2D eigenvalue weighted by molar-refractivity contribution is 7.24. The van der Waals surface area contributed by atoms with Gasteiger partial charge >= 0.3 is 0 Å². The topological polar surface area (TPSA) is 108 Å². The quantitative estimate of drug-likeness (QED) is 0.473. The Morgan fingerprint density at radius 1 is 1.06 bits per heavy atom. The van der Waals surface area contributed by atoms with Gasteiger partial charge in [-0.3, -0.25) is 0 Å². The molecule has 10 heteroatoms. The third-order valence-electron chi connectivity index (χ3n) is 4.93. The third kappa shape index (κ3) is 3.36. The van der Waals surface area contributed by atoms with Crippen molar-refractivity contribution in [2.75, 3.05) is 24.0 Å². The number of hydrogen-bond donors (Lipinski definition) is 2. The molecular formula is C21H16N7O2S-. The summed E-state index contributed by atoms with van der Waals surface area (Å²) < 4.78 is 11.7. The van der Waals surface area contributed by atoms with Crippen molar-refractivity contribution in [3.8, 4) is 11.5 Å². The number of nitrogens with one attached hydrogen (secondary N) is 2. The van der Waals surface area contributed by atoms with Gasteiger partial charge in [0.05, 0.1) is 28.3 Å². The van der Waals surface area contributed by atoms with E-state index in [-0.39, 0.29) is 6.79 Å². The monoisotopic (exact) mass is 430 g/mol. The largest absolute Gasteiger partial charge is 0.672 e. The second-order valence-electron chi connectivity index (χ2n) is 6.93. The predicted octanol–water partition coefficient (Wildman–Crippen LogP) is 4.60. The fourth-order valence-electron chi connectivity index (χ4n) is 3.42. The van der Waals surface area contributed by atoms with Crippen LogP contribution in [0.15, 0.2) is 43.0 Å². The van der Waals surface area contributed by atoms with Gasteiger partial charge in [-0.15, -0.1) is 12.6 Å². The third-order valence-corrected chi connectivity index (χ3v) is 6.06. The minimum atomic E-state index is 0.271. The Bertz CT molecular complexity index is 1300. The molecule has 0 aliphatic carbocycles. The molecule has 5 heterocycles. The van der Waals surface area contributed by atoms with Crippen LogP contribution in [0.1, 0.15) is 11.1 Å². The summed E-state index contributed by atoms with van der Waals surface area (Å²) in [7, 11) is 0. The normalized spacial score (nSPS) is 13.7. The van der Waals surface area contributed by atoms with Crippen LogP contribution in [-0.2, 0) is 6.54 Å². The Morgan fingerprint density at radius 2 is 1.97 bits per heavy atom. The van der Waals surface area contributed by atoms with Gasteiger partial charge in [0.2, 0.25) is 12.7 Å². The van der Waals surface area contributed by atoms with Crippen molar-refractivity contribution < 1.29 is 9.47 Å². The number of rotatable bonds is 5. The van der Waals surface area contributed by atoms with Gasteiger partial charge in [0, 0.05) is 6.54 Å². The van der Waals surface area contributed by atoms with E-state index in [0.717, 1.165) is 43.5 Å². The van der Waals surface area contributed by atoms with Crippen LogP contribution in [0.25, 0.3) is 21.6 Å². The zero-order chi connectivity index (χ0) is 20.6. The van der Waals surface area contributed by atoms with Gasteiger partial charge in [-0.25, -0.2) is 19.9 Å². The first-order valence-corrected chi connectivity index (χ1v) is 10.5. The van der Waals surface area contributed by atoms with E-state index in [9.17, 15) is 0 Å². The van der Waals surface area contributed by atoms with Crippen molar-refractivity contribution in [3.63, 3.8) is 0 Å². The van der Waals surface area contributed by atoms with E-state index < -0.39 is 0 Å². The summed E-state index contributed by atoms with van der Waals surface area (Å²) in [6, 6.07) is 5.88. The molecule has 1 aromatic carbocycles. The highest BCUT2D eigenvalue weighted by atomic mass is 32.1. The van der Waals surface area contributed by atoms with E-state index in [1.54, 1.807) is 30.1 Å². The Labute approximate surface area is 181 Å². The van der Waals surface area contributed by atoms with Crippen molar-refractivity contribution in [3.05, 3.63) is 59.4 Å². The van der Waals surface area contributed by atoms with Gasteiger partial charge in [-0.2, -0.15) is 11.3 Å². The number of ether oxygens (including phenoxy) is 2. The second kappa shape index (κ2) is 7.40. The molecule has 31 heavy (non-hydrogen) atoms. The molecule has 3 aromatic heterocycles. The number of aromatic nitrogens is 4. The molecule has 0 amide bonds. The van der Waals surface area contributed by atoms with Crippen molar-refractivity contribution in [1.29, 1.82) is 0 Å². The van der Waals surface area contributed by atoms with E-state index in [1.807, 2.05) is 24.3 Å². The SMILES string of the molecule is C1=Cc2c(sc3c(Nc4ncc(NCc5ccc6c(c5)OCO6)cn4)ncnc23)[N-]C1. The van der Waals surface area contributed by atoms with Crippen LogP contribution >= 0.6 is 11.3 Å². The number of nitrogens with zero attached hydrogens (tertiary/aromatic N) is 5. The van der Waals surface area contributed by atoms with Crippen LogP contribution < -0.4 is 20.1 Å². The van der Waals surface area contributed by atoms with Gasteiger partial charge in [0.25, 0.3) is 0 Å². The summed E-state index contributed by atoms with van der Waals surface area (Å²) in [5.41, 5.74) is 3.82. The van der Waals surface area contributed by atoms with Crippen molar-refractivity contribution in [1.82, 2.24) is 19.9 Å². The number of thiophene rings is 1. The molecule has 0 radical (unpaired) electrons. The summed E-state index contributed by atoms with van der Waals surface area (Å²) in [4.78, 5) is 17.6. The van der Waals surface area contributed by atoms with E-state index in [0.29, 0.717) is 24.9 Å². The van der Waals surface area contributed by atoms with E-state index in [2.05, 4.69) is 42.0 Å².